The van der Waals surface area contributed by atoms with Gasteiger partial charge in [-0.05, 0) is 43.4 Å². The van der Waals surface area contributed by atoms with Crippen molar-refractivity contribution in [3.05, 3.63) is 0 Å². The first-order valence-electron chi connectivity index (χ1n) is 42.8. The highest BCUT2D eigenvalue weighted by Gasteiger charge is 2.30. The highest BCUT2D eigenvalue weighted by molar-refractivity contribution is 7.47. The van der Waals surface area contributed by atoms with Crippen LogP contribution in [0.2, 0.25) is 0 Å². The lowest BCUT2D eigenvalue weighted by Crippen LogP contribution is -2.30. The molecule has 0 aliphatic heterocycles. The fourth-order valence-electron chi connectivity index (χ4n) is 12.8. The Hall–Kier alpha value is -1.94. The van der Waals surface area contributed by atoms with Crippen LogP contribution >= 0.6 is 15.6 Å². The highest BCUT2D eigenvalue weighted by atomic mass is 31.2. The first-order valence-corrected chi connectivity index (χ1v) is 45.8. The van der Waals surface area contributed by atoms with Crippen molar-refractivity contribution in [2.75, 3.05) is 39.6 Å². The first kappa shape index (κ1) is 100. The van der Waals surface area contributed by atoms with Crippen LogP contribution in [0.5, 0.6) is 0 Å². The molecule has 0 amide bonds. The van der Waals surface area contributed by atoms with Gasteiger partial charge in [-0.1, -0.05) is 382 Å². The van der Waals surface area contributed by atoms with Gasteiger partial charge in [0.1, 0.15) is 19.3 Å². The van der Waals surface area contributed by atoms with E-state index in [2.05, 4.69) is 48.5 Å². The summed E-state index contributed by atoms with van der Waals surface area (Å²) in [6.45, 7) is 11.9. The Bertz CT molecular complexity index is 1970. The van der Waals surface area contributed by atoms with Gasteiger partial charge < -0.3 is 33.8 Å². The van der Waals surface area contributed by atoms with Crippen molar-refractivity contribution in [2.24, 2.45) is 17.8 Å². The van der Waals surface area contributed by atoms with Gasteiger partial charge in [0.15, 0.2) is 12.2 Å². The number of ether oxygens (including phenoxy) is 4. The highest BCUT2D eigenvalue weighted by Crippen LogP contribution is 2.45. The summed E-state index contributed by atoms with van der Waals surface area (Å²) in [5.74, 6) is 0.122. The van der Waals surface area contributed by atoms with E-state index in [0.29, 0.717) is 31.6 Å². The van der Waals surface area contributed by atoms with E-state index >= 15 is 0 Å². The maximum atomic E-state index is 13.1. The zero-order valence-electron chi connectivity index (χ0n) is 67.1. The lowest BCUT2D eigenvalue weighted by Gasteiger charge is -2.21. The predicted octanol–water partition coefficient (Wildman–Crippen LogP) is 24.9. The molecule has 0 saturated carbocycles. The van der Waals surface area contributed by atoms with Crippen LogP contribution in [-0.4, -0.2) is 96.7 Å². The molecular weight excluding hydrogens is 1330 g/mol. The molecule has 0 aromatic rings. The number of carbonyl (C=O) groups excluding carboxylic acids is 4. The van der Waals surface area contributed by atoms with Crippen molar-refractivity contribution in [1.29, 1.82) is 0 Å². The molecule has 606 valence electrons. The van der Waals surface area contributed by atoms with Crippen LogP contribution in [0.25, 0.3) is 0 Å². The molecule has 102 heavy (non-hydrogen) atoms. The Morgan fingerprint density at radius 1 is 0.265 bits per heavy atom. The van der Waals surface area contributed by atoms with Crippen LogP contribution in [0.15, 0.2) is 0 Å². The Morgan fingerprint density at radius 3 is 0.667 bits per heavy atom. The number of rotatable bonds is 81. The predicted molar refractivity (Wildman–Crippen MR) is 418 cm³/mol. The van der Waals surface area contributed by atoms with E-state index in [4.69, 9.17) is 37.0 Å². The summed E-state index contributed by atoms with van der Waals surface area (Å²) < 4.78 is 68.7. The van der Waals surface area contributed by atoms with E-state index in [9.17, 15) is 43.2 Å². The van der Waals surface area contributed by atoms with E-state index in [-0.39, 0.29) is 25.7 Å². The Balaban J connectivity index is 5.19. The quantitative estimate of drug-likeness (QED) is 0.0222. The molecule has 5 atom stereocenters. The molecule has 0 aliphatic carbocycles. The topological polar surface area (TPSA) is 237 Å². The molecule has 17 nitrogen and oxygen atoms in total. The zero-order chi connectivity index (χ0) is 75.1. The maximum Gasteiger partial charge on any atom is 0.472 e. The monoisotopic (exact) mass is 1490 g/mol. The summed E-state index contributed by atoms with van der Waals surface area (Å²) in [6, 6.07) is 0. The third kappa shape index (κ3) is 76.3. The number of aliphatic hydroxyl groups excluding tert-OH is 1. The summed E-state index contributed by atoms with van der Waals surface area (Å²) in [4.78, 5) is 73.0. The summed E-state index contributed by atoms with van der Waals surface area (Å²) in [6.07, 6.45) is 62.9. The largest absolute Gasteiger partial charge is 0.472 e. The molecule has 0 radical (unpaired) electrons. The van der Waals surface area contributed by atoms with Gasteiger partial charge in [-0.15, -0.1) is 0 Å². The number of phosphoric acid groups is 2. The normalized spacial score (nSPS) is 13.9. The molecule has 0 aromatic heterocycles. The smallest absolute Gasteiger partial charge is 0.462 e. The molecule has 0 saturated heterocycles. The number of carbonyl (C=O) groups is 4. The number of phosphoric ester groups is 2. The molecular formula is C83H162O17P2. The van der Waals surface area contributed by atoms with Crippen molar-refractivity contribution in [3.63, 3.8) is 0 Å². The van der Waals surface area contributed by atoms with Gasteiger partial charge >= 0.3 is 39.5 Å². The van der Waals surface area contributed by atoms with Crippen molar-refractivity contribution >= 4 is 39.5 Å². The van der Waals surface area contributed by atoms with E-state index in [1.54, 1.807) is 0 Å². The summed E-state index contributed by atoms with van der Waals surface area (Å²) in [5.41, 5.74) is 0. The van der Waals surface area contributed by atoms with Gasteiger partial charge in [-0.3, -0.25) is 37.3 Å². The average molecular weight is 1490 g/mol. The van der Waals surface area contributed by atoms with Crippen LogP contribution in [0.1, 0.15) is 434 Å². The molecule has 0 heterocycles. The summed E-state index contributed by atoms with van der Waals surface area (Å²) in [5, 5.41) is 10.6. The molecule has 0 bridgehead atoms. The molecule has 0 spiro atoms. The molecule has 2 unspecified atom stereocenters. The molecule has 0 aromatic carbocycles. The second-order valence-electron chi connectivity index (χ2n) is 31.3. The van der Waals surface area contributed by atoms with Crippen LogP contribution in [-0.2, 0) is 65.4 Å². The van der Waals surface area contributed by atoms with E-state index in [0.717, 1.165) is 108 Å². The lowest BCUT2D eigenvalue weighted by molar-refractivity contribution is -0.161. The third-order valence-corrected chi connectivity index (χ3v) is 21.3. The molecule has 0 fully saturated rings. The number of aliphatic hydroxyl groups is 1. The Labute approximate surface area is 626 Å². The molecule has 3 N–H and O–H groups in total. The van der Waals surface area contributed by atoms with E-state index in [1.165, 1.54) is 238 Å². The zero-order valence-corrected chi connectivity index (χ0v) is 68.9. The minimum atomic E-state index is -4.96. The standard InChI is InChI=1S/C83H162O17P2/c1-8-9-10-11-12-13-14-15-16-17-18-19-20-21-22-27-30-33-36-44-52-59-66-82(87)99-78(70-93-80(85)64-57-50-43-35-32-29-26-24-23-25-28-31-34-40-47-54-61-74(2)3)72-97-101(89,90)95-68-77(84)69-96-102(91,92)98-73-79(71-94-81(86)65-58-51-46-39-42-49-56-63-76(6)7)100-83(88)67-60-53-45-38-37-41-48-55-62-75(4)5/h74-79,84H,8-73H2,1-7H3,(H,89,90)(H,91,92)/t77-,78-,79-/m1/s1. The number of hydrogen-bond acceptors (Lipinski definition) is 15. The van der Waals surface area contributed by atoms with Gasteiger partial charge in [0.25, 0.3) is 0 Å². The summed E-state index contributed by atoms with van der Waals surface area (Å²) in [7, 11) is -9.92. The number of esters is 4. The third-order valence-electron chi connectivity index (χ3n) is 19.4. The number of unbranched alkanes of at least 4 members (excludes halogenated alkanes) is 49. The van der Waals surface area contributed by atoms with Crippen molar-refractivity contribution in [3.8, 4) is 0 Å². The SMILES string of the molecule is CCCCCCCCCCCCCCCCCCCCCCCCC(=O)O[C@H](COC(=O)CCCCCCCCCCCCCCCCCCC(C)C)COP(=O)(O)OC[C@@H](O)COP(=O)(O)OC[C@@H](COC(=O)CCCCCCCCCC(C)C)OC(=O)CCCCCCCCCCC(C)C. The second-order valence-corrected chi connectivity index (χ2v) is 34.2. The average Bonchev–Trinajstić information content (AvgIpc) is 0.940. The first-order chi connectivity index (χ1) is 49.2. The van der Waals surface area contributed by atoms with Gasteiger partial charge in [0, 0.05) is 25.7 Å². The van der Waals surface area contributed by atoms with E-state index in [1.807, 2.05) is 0 Å². The van der Waals surface area contributed by atoms with Gasteiger partial charge in [-0.2, -0.15) is 0 Å². The van der Waals surface area contributed by atoms with Crippen molar-refractivity contribution in [2.45, 2.75) is 452 Å². The van der Waals surface area contributed by atoms with Crippen LogP contribution in [0, 0.1) is 17.8 Å². The second kappa shape index (κ2) is 73.2. The Morgan fingerprint density at radius 2 is 0.451 bits per heavy atom. The van der Waals surface area contributed by atoms with Crippen LogP contribution < -0.4 is 0 Å². The Kier molecular flexibility index (Phi) is 71.8. The van der Waals surface area contributed by atoms with Gasteiger partial charge in [0.2, 0.25) is 0 Å². The fraction of sp³-hybridized carbons (Fsp3) is 0.952. The van der Waals surface area contributed by atoms with Crippen LogP contribution in [0.3, 0.4) is 0 Å². The number of hydrogen-bond donors (Lipinski definition) is 3. The van der Waals surface area contributed by atoms with Crippen LogP contribution in [0.4, 0.5) is 0 Å². The van der Waals surface area contributed by atoms with Crippen molar-refractivity contribution in [1.82, 2.24) is 0 Å². The summed E-state index contributed by atoms with van der Waals surface area (Å²) >= 11 is 0. The van der Waals surface area contributed by atoms with Gasteiger partial charge in [-0.25, -0.2) is 9.13 Å². The van der Waals surface area contributed by atoms with E-state index < -0.39 is 97.5 Å². The molecule has 0 rings (SSSR count). The van der Waals surface area contributed by atoms with Crippen molar-refractivity contribution < 1.29 is 80.2 Å². The maximum absolute atomic E-state index is 13.1. The van der Waals surface area contributed by atoms with Gasteiger partial charge in [0.05, 0.1) is 26.4 Å². The minimum Gasteiger partial charge on any atom is -0.462 e. The fourth-order valence-corrected chi connectivity index (χ4v) is 14.4. The minimum absolute atomic E-state index is 0.104. The lowest BCUT2D eigenvalue weighted by atomic mass is 10.0. The molecule has 0 aliphatic rings. The molecule has 19 heteroatoms.